The van der Waals surface area contributed by atoms with Crippen molar-refractivity contribution in [1.29, 1.82) is 0 Å². The fourth-order valence-electron chi connectivity index (χ4n) is 3.30. The van der Waals surface area contributed by atoms with Crippen LogP contribution in [0.3, 0.4) is 0 Å². The number of hydrogen-bond donors (Lipinski definition) is 2. The van der Waals surface area contributed by atoms with Crippen molar-refractivity contribution < 1.29 is 23.2 Å². The summed E-state index contributed by atoms with van der Waals surface area (Å²) in [5, 5.41) is 4.96. The molecule has 2 aromatic carbocycles. The van der Waals surface area contributed by atoms with Crippen LogP contribution in [0.2, 0.25) is 0 Å². The third-order valence-corrected chi connectivity index (χ3v) is 4.87. The molecule has 152 valence electrons. The molecule has 0 aliphatic carbocycles. The normalized spacial score (nSPS) is 17.1. The van der Waals surface area contributed by atoms with Gasteiger partial charge in [-0.1, -0.05) is 36.4 Å². The van der Waals surface area contributed by atoms with Crippen molar-refractivity contribution in [3.8, 4) is 0 Å². The molecule has 2 aromatic rings. The second-order valence-corrected chi connectivity index (χ2v) is 6.89. The summed E-state index contributed by atoms with van der Waals surface area (Å²) in [5.74, 6) is -4.02. The Morgan fingerprint density at radius 3 is 2.52 bits per heavy atom. The van der Waals surface area contributed by atoms with Crippen molar-refractivity contribution >= 4 is 17.7 Å². The molecule has 2 atom stereocenters. The maximum absolute atomic E-state index is 13.6. The molecule has 1 aliphatic rings. The maximum atomic E-state index is 13.6. The highest BCUT2D eigenvalue weighted by Gasteiger charge is 2.36. The number of hydrogen-bond acceptors (Lipinski definition) is 3. The Bertz CT molecular complexity index is 921. The van der Waals surface area contributed by atoms with Crippen LogP contribution in [-0.4, -0.2) is 36.2 Å². The Morgan fingerprint density at radius 2 is 1.86 bits per heavy atom. The van der Waals surface area contributed by atoms with E-state index >= 15 is 0 Å². The molecule has 1 aliphatic heterocycles. The molecular weight excluding hydrogens is 380 g/mol. The molecule has 6 nitrogen and oxygen atoms in total. The van der Waals surface area contributed by atoms with E-state index in [1.807, 2.05) is 30.3 Å². The number of carbonyl (C=O) groups is 3. The Labute approximate surface area is 166 Å². The number of likely N-dealkylation sites (tertiary alicyclic amines) is 1. The lowest BCUT2D eigenvalue weighted by atomic mass is 10.0. The number of nitrogens with zero attached hydrogens (tertiary/aromatic N) is 1. The van der Waals surface area contributed by atoms with Crippen molar-refractivity contribution in [2.75, 3.05) is 13.6 Å². The molecule has 1 saturated heterocycles. The Morgan fingerprint density at radius 1 is 1.14 bits per heavy atom. The first-order valence-corrected chi connectivity index (χ1v) is 9.17. The molecule has 2 N–H and O–H groups in total. The number of halogens is 2. The monoisotopic (exact) mass is 401 g/mol. The molecule has 1 fully saturated rings. The van der Waals surface area contributed by atoms with Gasteiger partial charge in [-0.05, 0) is 23.3 Å². The van der Waals surface area contributed by atoms with E-state index in [2.05, 4.69) is 10.6 Å². The summed E-state index contributed by atoms with van der Waals surface area (Å²) in [6.07, 6.45) is 0.0247. The summed E-state index contributed by atoms with van der Waals surface area (Å²) < 4.78 is 26.8. The number of benzene rings is 2. The van der Waals surface area contributed by atoms with Gasteiger partial charge in [0.1, 0.15) is 6.04 Å². The van der Waals surface area contributed by atoms with Gasteiger partial charge in [0.15, 0.2) is 11.6 Å². The SMILES string of the molecule is CNC(=O)C(NC(=O)C1CC(=O)N(Cc2ccccc2)C1)c1ccc(F)c(F)c1. The summed E-state index contributed by atoms with van der Waals surface area (Å²) in [4.78, 5) is 38.8. The van der Waals surface area contributed by atoms with Crippen LogP contribution in [0.1, 0.15) is 23.6 Å². The zero-order valence-corrected chi connectivity index (χ0v) is 15.8. The van der Waals surface area contributed by atoms with Crippen LogP contribution in [0.4, 0.5) is 8.78 Å². The highest BCUT2D eigenvalue weighted by molar-refractivity contribution is 5.93. The molecule has 0 radical (unpaired) electrons. The average molecular weight is 401 g/mol. The van der Waals surface area contributed by atoms with Crippen molar-refractivity contribution in [3.63, 3.8) is 0 Å². The molecule has 2 unspecified atom stereocenters. The molecular formula is C21H21F2N3O3. The Balaban J connectivity index is 1.70. The summed E-state index contributed by atoms with van der Waals surface area (Å²) in [7, 11) is 1.38. The van der Waals surface area contributed by atoms with Gasteiger partial charge in [0.25, 0.3) is 0 Å². The lowest BCUT2D eigenvalue weighted by molar-refractivity contribution is -0.131. The molecule has 1 heterocycles. The van der Waals surface area contributed by atoms with Gasteiger partial charge in [-0.25, -0.2) is 8.78 Å². The minimum Gasteiger partial charge on any atom is -0.357 e. The zero-order valence-electron chi connectivity index (χ0n) is 15.8. The highest BCUT2D eigenvalue weighted by atomic mass is 19.2. The van der Waals surface area contributed by atoms with E-state index in [1.54, 1.807) is 4.90 Å². The molecule has 8 heteroatoms. The predicted molar refractivity (Wildman–Crippen MR) is 101 cm³/mol. The van der Waals surface area contributed by atoms with Crippen molar-refractivity contribution in [3.05, 3.63) is 71.3 Å². The summed E-state index contributed by atoms with van der Waals surface area (Å²) in [6.45, 7) is 0.614. The van der Waals surface area contributed by atoms with Crippen molar-refractivity contribution in [2.24, 2.45) is 5.92 Å². The average Bonchev–Trinajstić information content (AvgIpc) is 3.09. The third-order valence-electron chi connectivity index (χ3n) is 4.87. The minimum absolute atomic E-state index is 0.0247. The van der Waals surface area contributed by atoms with Crippen LogP contribution in [0, 0.1) is 17.6 Å². The molecule has 29 heavy (non-hydrogen) atoms. The fraction of sp³-hybridized carbons (Fsp3) is 0.286. The number of rotatable bonds is 6. The van der Waals surface area contributed by atoms with Crippen LogP contribution >= 0.6 is 0 Å². The van der Waals surface area contributed by atoms with E-state index in [-0.39, 0.29) is 24.4 Å². The van der Waals surface area contributed by atoms with E-state index in [0.717, 1.165) is 17.7 Å². The minimum atomic E-state index is -1.19. The largest absolute Gasteiger partial charge is 0.357 e. The Hall–Kier alpha value is -3.29. The zero-order chi connectivity index (χ0) is 21.0. The summed E-state index contributed by atoms with van der Waals surface area (Å²) in [5.41, 5.74) is 1.06. The number of carbonyl (C=O) groups excluding carboxylic acids is 3. The third kappa shape index (κ3) is 4.77. The topological polar surface area (TPSA) is 78.5 Å². The van der Waals surface area contributed by atoms with Gasteiger partial charge < -0.3 is 15.5 Å². The highest BCUT2D eigenvalue weighted by Crippen LogP contribution is 2.23. The van der Waals surface area contributed by atoms with Crippen molar-refractivity contribution in [2.45, 2.75) is 19.0 Å². The first-order chi connectivity index (χ1) is 13.9. The molecule has 0 saturated carbocycles. The van der Waals surface area contributed by atoms with Gasteiger partial charge in [0.2, 0.25) is 17.7 Å². The fourth-order valence-corrected chi connectivity index (χ4v) is 3.30. The van der Waals surface area contributed by atoms with Gasteiger partial charge in [0, 0.05) is 26.6 Å². The van der Waals surface area contributed by atoms with E-state index in [0.29, 0.717) is 6.54 Å². The van der Waals surface area contributed by atoms with Gasteiger partial charge in [-0.15, -0.1) is 0 Å². The summed E-state index contributed by atoms with van der Waals surface area (Å²) >= 11 is 0. The first kappa shape index (κ1) is 20.4. The van der Waals surface area contributed by atoms with Crippen LogP contribution in [0.5, 0.6) is 0 Å². The lowest BCUT2D eigenvalue weighted by Gasteiger charge is -2.20. The van der Waals surface area contributed by atoms with Crippen LogP contribution < -0.4 is 10.6 Å². The number of amides is 3. The van der Waals surface area contributed by atoms with E-state index < -0.39 is 35.4 Å². The molecule has 0 spiro atoms. The van der Waals surface area contributed by atoms with Crippen LogP contribution in [-0.2, 0) is 20.9 Å². The van der Waals surface area contributed by atoms with Gasteiger partial charge in [0.05, 0.1) is 5.92 Å². The van der Waals surface area contributed by atoms with Crippen LogP contribution in [0.25, 0.3) is 0 Å². The molecule has 3 rings (SSSR count). The van der Waals surface area contributed by atoms with Gasteiger partial charge >= 0.3 is 0 Å². The van der Waals surface area contributed by atoms with E-state index in [1.165, 1.54) is 13.1 Å². The first-order valence-electron chi connectivity index (χ1n) is 9.17. The predicted octanol–water partition coefficient (Wildman–Crippen LogP) is 1.92. The maximum Gasteiger partial charge on any atom is 0.246 e. The second-order valence-electron chi connectivity index (χ2n) is 6.89. The van der Waals surface area contributed by atoms with E-state index in [4.69, 9.17) is 0 Å². The second kappa shape index (κ2) is 8.81. The quantitative estimate of drug-likeness (QED) is 0.776. The number of nitrogens with one attached hydrogen (secondary N) is 2. The number of likely N-dealkylation sites (N-methyl/N-ethyl adjacent to an activating group) is 1. The lowest BCUT2D eigenvalue weighted by Crippen LogP contribution is -2.42. The molecule has 3 amide bonds. The standard InChI is InChI=1S/C21H21F2N3O3/c1-24-21(29)19(14-7-8-16(22)17(23)9-14)25-20(28)15-10-18(27)26(12-15)11-13-5-3-2-4-6-13/h2-9,15,19H,10-12H2,1H3,(H,24,29)(H,25,28). The van der Waals surface area contributed by atoms with Crippen molar-refractivity contribution in [1.82, 2.24) is 15.5 Å². The van der Waals surface area contributed by atoms with Crippen LogP contribution in [0.15, 0.2) is 48.5 Å². The van der Waals surface area contributed by atoms with E-state index in [9.17, 15) is 23.2 Å². The van der Waals surface area contributed by atoms with Gasteiger partial charge in [-0.3, -0.25) is 14.4 Å². The Kier molecular flexibility index (Phi) is 6.21. The van der Waals surface area contributed by atoms with Gasteiger partial charge in [-0.2, -0.15) is 0 Å². The molecule has 0 bridgehead atoms. The summed E-state index contributed by atoms with van der Waals surface area (Å²) in [6, 6.07) is 11.2. The smallest absolute Gasteiger partial charge is 0.246 e. The molecule has 0 aromatic heterocycles.